The fourth-order valence-corrected chi connectivity index (χ4v) is 4.04. The zero-order chi connectivity index (χ0) is 20.6. The van der Waals surface area contributed by atoms with Crippen LogP contribution in [-0.4, -0.2) is 34.8 Å². The van der Waals surface area contributed by atoms with Crippen LogP contribution in [0.25, 0.3) is 11.0 Å². The molecule has 0 aliphatic carbocycles. The van der Waals surface area contributed by atoms with Gasteiger partial charge in [-0.05, 0) is 51.0 Å². The minimum absolute atomic E-state index is 0.230. The molecule has 1 heterocycles. The first-order valence-corrected chi connectivity index (χ1v) is 11.0. The van der Waals surface area contributed by atoms with Crippen molar-refractivity contribution in [3.63, 3.8) is 0 Å². The molecule has 1 aromatic heterocycles. The molecule has 0 radical (unpaired) electrons. The van der Waals surface area contributed by atoms with Crippen molar-refractivity contribution >= 4 is 28.8 Å². The lowest BCUT2D eigenvalue weighted by Gasteiger charge is -2.11. The summed E-state index contributed by atoms with van der Waals surface area (Å²) >= 11 is 1.71. The van der Waals surface area contributed by atoms with E-state index >= 15 is 0 Å². The van der Waals surface area contributed by atoms with Crippen molar-refractivity contribution in [3.05, 3.63) is 59.7 Å². The summed E-state index contributed by atoms with van der Waals surface area (Å²) in [6.07, 6.45) is 1.14. The molecule has 0 bridgehead atoms. The van der Waals surface area contributed by atoms with Gasteiger partial charge in [0.25, 0.3) is 0 Å². The second-order valence-electron chi connectivity index (χ2n) is 7.02. The lowest BCUT2D eigenvalue weighted by Crippen LogP contribution is -2.08. The summed E-state index contributed by atoms with van der Waals surface area (Å²) in [6, 6.07) is 16.0. The Hall–Kier alpha value is -2.31. The van der Waals surface area contributed by atoms with Crippen LogP contribution in [0.1, 0.15) is 43.1 Å². The van der Waals surface area contributed by atoms with E-state index in [0.29, 0.717) is 18.8 Å². The van der Waals surface area contributed by atoms with E-state index in [0.717, 1.165) is 34.9 Å². The first kappa shape index (κ1) is 21.4. The van der Waals surface area contributed by atoms with Crippen LogP contribution in [0.3, 0.4) is 0 Å². The molecule has 3 aromatic rings. The Bertz CT molecular complexity index is 938. The van der Waals surface area contributed by atoms with E-state index in [-0.39, 0.29) is 12.1 Å². The smallest absolute Gasteiger partial charge is 0.338 e. The summed E-state index contributed by atoms with van der Waals surface area (Å²) in [7, 11) is 0. The minimum atomic E-state index is -0.312. The van der Waals surface area contributed by atoms with Gasteiger partial charge >= 0.3 is 5.97 Å². The van der Waals surface area contributed by atoms with E-state index in [1.165, 1.54) is 5.56 Å². The molecule has 0 spiro atoms. The Morgan fingerprint density at radius 2 is 1.97 bits per heavy atom. The number of carbonyl (C=O) groups excluding carboxylic acids is 1. The Morgan fingerprint density at radius 3 is 2.69 bits per heavy atom. The average molecular weight is 413 g/mol. The number of aromatic nitrogens is 2. The highest BCUT2D eigenvalue weighted by Crippen LogP contribution is 2.28. The fourth-order valence-electron chi connectivity index (χ4n) is 3.04. The lowest BCUT2D eigenvalue weighted by molar-refractivity contribution is 0.0526. The van der Waals surface area contributed by atoms with Crippen LogP contribution in [-0.2, 0) is 21.8 Å². The standard InChI is InChI=1S/C23H28N2O3S/c1-4-27-22(26)19-11-12-21-20(15-19)24-23(25(21)13-8-14-28-17(2)3)29-16-18-9-6-5-7-10-18/h5-7,9-12,15,17H,4,8,13-14,16H2,1-3H3. The Balaban J connectivity index is 1.84. The average Bonchev–Trinajstić information content (AvgIpc) is 3.07. The summed E-state index contributed by atoms with van der Waals surface area (Å²) in [5.74, 6) is 0.532. The third kappa shape index (κ3) is 5.84. The number of esters is 1. The number of hydrogen-bond acceptors (Lipinski definition) is 5. The van der Waals surface area contributed by atoms with Crippen LogP contribution in [0, 0.1) is 0 Å². The van der Waals surface area contributed by atoms with E-state index in [9.17, 15) is 4.79 Å². The zero-order valence-electron chi connectivity index (χ0n) is 17.3. The van der Waals surface area contributed by atoms with Crippen molar-refractivity contribution < 1.29 is 14.3 Å². The highest BCUT2D eigenvalue weighted by atomic mass is 32.2. The predicted molar refractivity (Wildman–Crippen MR) is 117 cm³/mol. The maximum Gasteiger partial charge on any atom is 0.338 e. The van der Waals surface area contributed by atoms with Crippen LogP contribution >= 0.6 is 11.8 Å². The topological polar surface area (TPSA) is 53.3 Å². The summed E-state index contributed by atoms with van der Waals surface area (Å²) in [5, 5.41) is 0.953. The van der Waals surface area contributed by atoms with Gasteiger partial charge in [0.1, 0.15) is 0 Å². The van der Waals surface area contributed by atoms with Crippen LogP contribution in [0.2, 0.25) is 0 Å². The van der Waals surface area contributed by atoms with Crippen molar-refractivity contribution in [1.82, 2.24) is 9.55 Å². The van der Waals surface area contributed by atoms with E-state index in [1.54, 1.807) is 11.8 Å². The molecule has 0 saturated heterocycles. The summed E-state index contributed by atoms with van der Waals surface area (Å²) in [5.41, 5.74) is 3.63. The van der Waals surface area contributed by atoms with Gasteiger partial charge in [-0.1, -0.05) is 42.1 Å². The monoisotopic (exact) mass is 412 g/mol. The van der Waals surface area contributed by atoms with Gasteiger partial charge < -0.3 is 14.0 Å². The molecule has 0 N–H and O–H groups in total. The first-order chi connectivity index (χ1) is 14.1. The number of aryl methyl sites for hydroxylation is 1. The van der Waals surface area contributed by atoms with Gasteiger partial charge in [-0.3, -0.25) is 0 Å². The third-order valence-corrected chi connectivity index (χ3v) is 5.46. The van der Waals surface area contributed by atoms with Gasteiger partial charge in [0.05, 0.1) is 29.3 Å². The Labute approximate surface area is 176 Å². The van der Waals surface area contributed by atoms with E-state index in [2.05, 4.69) is 16.7 Å². The quantitative estimate of drug-likeness (QED) is 0.256. The number of fused-ring (bicyclic) bond motifs is 1. The highest BCUT2D eigenvalue weighted by Gasteiger charge is 2.15. The maximum atomic E-state index is 12.1. The van der Waals surface area contributed by atoms with Crippen LogP contribution in [0.4, 0.5) is 0 Å². The van der Waals surface area contributed by atoms with Crippen LogP contribution in [0.15, 0.2) is 53.7 Å². The number of hydrogen-bond donors (Lipinski definition) is 0. The second-order valence-corrected chi connectivity index (χ2v) is 7.96. The molecule has 0 amide bonds. The van der Waals surface area contributed by atoms with E-state index in [1.807, 2.05) is 57.2 Å². The number of imidazole rings is 1. The lowest BCUT2D eigenvalue weighted by atomic mass is 10.2. The number of benzene rings is 2. The third-order valence-electron chi connectivity index (χ3n) is 4.41. The molecule has 154 valence electrons. The largest absolute Gasteiger partial charge is 0.462 e. The molecule has 3 rings (SSSR count). The Kier molecular flexibility index (Phi) is 7.72. The zero-order valence-corrected chi connectivity index (χ0v) is 18.1. The minimum Gasteiger partial charge on any atom is -0.462 e. The van der Waals surface area contributed by atoms with Crippen molar-refractivity contribution in [3.8, 4) is 0 Å². The van der Waals surface area contributed by atoms with Crippen molar-refractivity contribution in [2.45, 2.75) is 50.8 Å². The number of thioether (sulfide) groups is 1. The molecule has 5 nitrogen and oxygen atoms in total. The van der Waals surface area contributed by atoms with Crippen LogP contribution < -0.4 is 0 Å². The SMILES string of the molecule is CCOC(=O)c1ccc2c(c1)nc(SCc1ccccc1)n2CCCOC(C)C. The Morgan fingerprint density at radius 1 is 1.17 bits per heavy atom. The van der Waals surface area contributed by atoms with Gasteiger partial charge in [-0.25, -0.2) is 9.78 Å². The molecule has 0 saturated carbocycles. The van der Waals surface area contributed by atoms with E-state index in [4.69, 9.17) is 14.5 Å². The number of rotatable bonds is 10. The molecule has 0 fully saturated rings. The van der Waals surface area contributed by atoms with Gasteiger partial charge in [0, 0.05) is 18.9 Å². The summed E-state index contributed by atoms with van der Waals surface area (Å²) in [6.45, 7) is 7.79. The van der Waals surface area contributed by atoms with Crippen molar-refractivity contribution in [1.29, 1.82) is 0 Å². The molecule has 0 unspecified atom stereocenters. The van der Waals surface area contributed by atoms with Crippen molar-refractivity contribution in [2.24, 2.45) is 0 Å². The molecular formula is C23H28N2O3S. The molecule has 2 aromatic carbocycles. The molecular weight excluding hydrogens is 384 g/mol. The summed E-state index contributed by atoms with van der Waals surface area (Å²) < 4.78 is 13.0. The maximum absolute atomic E-state index is 12.1. The second kappa shape index (κ2) is 10.5. The number of ether oxygens (including phenoxy) is 2. The van der Waals surface area contributed by atoms with E-state index < -0.39 is 0 Å². The predicted octanol–water partition coefficient (Wildman–Crippen LogP) is 5.32. The molecule has 0 aliphatic rings. The molecule has 0 aliphatic heterocycles. The molecule has 0 atom stereocenters. The van der Waals surface area contributed by atoms with Gasteiger partial charge in [-0.2, -0.15) is 0 Å². The number of nitrogens with zero attached hydrogens (tertiary/aromatic N) is 2. The molecule has 6 heteroatoms. The highest BCUT2D eigenvalue weighted by molar-refractivity contribution is 7.98. The number of carbonyl (C=O) groups is 1. The van der Waals surface area contributed by atoms with Gasteiger partial charge in [-0.15, -0.1) is 0 Å². The van der Waals surface area contributed by atoms with Gasteiger partial charge in [0.2, 0.25) is 0 Å². The summed E-state index contributed by atoms with van der Waals surface area (Å²) in [4.78, 5) is 16.9. The van der Waals surface area contributed by atoms with Gasteiger partial charge in [0.15, 0.2) is 5.16 Å². The van der Waals surface area contributed by atoms with Crippen molar-refractivity contribution in [2.75, 3.05) is 13.2 Å². The van der Waals surface area contributed by atoms with Crippen LogP contribution in [0.5, 0.6) is 0 Å². The fraction of sp³-hybridized carbons (Fsp3) is 0.391. The first-order valence-electron chi connectivity index (χ1n) is 10.0. The normalized spacial score (nSPS) is 11.3. The molecule has 29 heavy (non-hydrogen) atoms.